The van der Waals surface area contributed by atoms with Gasteiger partial charge in [0.15, 0.2) is 0 Å². The van der Waals surface area contributed by atoms with Crippen molar-refractivity contribution in [3.8, 4) is 17.2 Å². The highest BCUT2D eigenvalue weighted by atomic mass is 16.5. The summed E-state index contributed by atoms with van der Waals surface area (Å²) in [4.78, 5) is 12.2. The lowest BCUT2D eigenvalue weighted by molar-refractivity contribution is 0.251. The van der Waals surface area contributed by atoms with E-state index in [-0.39, 0.29) is 6.03 Å². The molecule has 0 aliphatic carbocycles. The number of rotatable bonds is 6. The van der Waals surface area contributed by atoms with Gasteiger partial charge < -0.3 is 24.7 Å². The van der Waals surface area contributed by atoms with Gasteiger partial charge >= 0.3 is 6.03 Å². The number of methoxy groups -OCH3 is 2. The minimum atomic E-state index is -0.262. The van der Waals surface area contributed by atoms with E-state index in [4.69, 9.17) is 9.47 Å². The number of nitrogens with zero attached hydrogens (tertiary/aromatic N) is 1. The zero-order chi connectivity index (χ0) is 20.1. The molecule has 2 amide bonds. The van der Waals surface area contributed by atoms with Gasteiger partial charge in [0.1, 0.15) is 11.5 Å². The Balaban J connectivity index is 1.68. The molecule has 0 radical (unpaired) electrons. The van der Waals surface area contributed by atoms with Crippen molar-refractivity contribution in [3.63, 3.8) is 0 Å². The van der Waals surface area contributed by atoms with Crippen molar-refractivity contribution in [2.24, 2.45) is 0 Å². The van der Waals surface area contributed by atoms with Crippen LogP contribution in [0.2, 0.25) is 0 Å². The van der Waals surface area contributed by atoms with Crippen molar-refractivity contribution in [3.05, 3.63) is 71.5 Å². The molecule has 0 fully saturated rings. The highest BCUT2D eigenvalue weighted by molar-refractivity contribution is 5.89. The molecular formula is C22H25N3O3. The zero-order valence-corrected chi connectivity index (χ0v) is 16.6. The topological polar surface area (TPSA) is 64.5 Å². The summed E-state index contributed by atoms with van der Waals surface area (Å²) in [6.07, 6.45) is 0. The van der Waals surface area contributed by atoms with Crippen LogP contribution < -0.4 is 20.1 Å². The molecule has 146 valence electrons. The van der Waals surface area contributed by atoms with E-state index in [9.17, 15) is 4.79 Å². The fourth-order valence-electron chi connectivity index (χ4n) is 3.19. The van der Waals surface area contributed by atoms with Crippen molar-refractivity contribution in [2.75, 3.05) is 19.5 Å². The normalized spacial score (nSPS) is 10.4. The molecule has 3 aromatic rings. The first-order valence-electron chi connectivity index (χ1n) is 9.03. The van der Waals surface area contributed by atoms with Gasteiger partial charge in [-0.1, -0.05) is 6.07 Å². The van der Waals surface area contributed by atoms with Gasteiger partial charge in [-0.05, 0) is 61.9 Å². The Labute approximate surface area is 165 Å². The zero-order valence-electron chi connectivity index (χ0n) is 16.6. The molecule has 0 saturated carbocycles. The van der Waals surface area contributed by atoms with E-state index in [0.29, 0.717) is 18.0 Å². The van der Waals surface area contributed by atoms with Gasteiger partial charge in [0.05, 0.1) is 14.2 Å². The Kier molecular flexibility index (Phi) is 5.89. The molecule has 0 saturated heterocycles. The summed E-state index contributed by atoms with van der Waals surface area (Å²) in [6, 6.07) is 17.0. The predicted octanol–water partition coefficient (Wildman–Crippen LogP) is 4.43. The van der Waals surface area contributed by atoms with Crippen LogP contribution in [-0.2, 0) is 6.54 Å². The molecule has 0 bridgehead atoms. The number of ether oxygens (including phenoxy) is 2. The summed E-state index contributed by atoms with van der Waals surface area (Å²) < 4.78 is 12.6. The lowest BCUT2D eigenvalue weighted by atomic mass is 10.2. The third-order valence-electron chi connectivity index (χ3n) is 4.63. The molecule has 0 atom stereocenters. The third kappa shape index (κ3) is 4.28. The molecule has 6 nitrogen and oxygen atoms in total. The lowest BCUT2D eigenvalue weighted by Gasteiger charge is -2.11. The summed E-state index contributed by atoms with van der Waals surface area (Å²) in [6.45, 7) is 4.54. The molecule has 28 heavy (non-hydrogen) atoms. The van der Waals surface area contributed by atoms with Crippen LogP contribution in [0, 0.1) is 13.8 Å². The van der Waals surface area contributed by atoms with Crippen molar-refractivity contribution in [2.45, 2.75) is 20.4 Å². The lowest BCUT2D eigenvalue weighted by Crippen LogP contribution is -2.28. The second kappa shape index (κ2) is 8.52. The molecule has 0 unspecified atom stereocenters. The minimum Gasteiger partial charge on any atom is -0.497 e. The van der Waals surface area contributed by atoms with Crippen molar-refractivity contribution >= 4 is 11.7 Å². The van der Waals surface area contributed by atoms with Crippen LogP contribution in [-0.4, -0.2) is 24.8 Å². The first kappa shape index (κ1) is 19.4. The van der Waals surface area contributed by atoms with Crippen molar-refractivity contribution in [1.29, 1.82) is 0 Å². The summed E-state index contributed by atoms with van der Waals surface area (Å²) in [5.74, 6) is 1.52. The van der Waals surface area contributed by atoms with E-state index >= 15 is 0 Å². The van der Waals surface area contributed by atoms with E-state index in [2.05, 4.69) is 28.2 Å². The van der Waals surface area contributed by atoms with E-state index in [0.717, 1.165) is 28.4 Å². The van der Waals surface area contributed by atoms with Crippen LogP contribution >= 0.6 is 0 Å². The number of aryl methyl sites for hydroxylation is 1. The van der Waals surface area contributed by atoms with Crippen molar-refractivity contribution < 1.29 is 14.3 Å². The van der Waals surface area contributed by atoms with Gasteiger partial charge in [0.25, 0.3) is 0 Å². The number of nitrogens with one attached hydrogen (secondary N) is 2. The average Bonchev–Trinajstić information content (AvgIpc) is 3.00. The van der Waals surface area contributed by atoms with Gasteiger partial charge in [-0.25, -0.2) is 4.79 Å². The van der Waals surface area contributed by atoms with E-state index < -0.39 is 0 Å². The number of hydrogen-bond acceptors (Lipinski definition) is 3. The SMILES string of the molecule is COc1ccc(-n2c(C)cc(CNC(=O)Nc3cccc(OC)c3)c2C)cc1. The second-order valence-electron chi connectivity index (χ2n) is 6.47. The van der Waals surface area contributed by atoms with Gasteiger partial charge in [-0.15, -0.1) is 0 Å². The van der Waals surface area contributed by atoms with Crippen LogP contribution in [0.15, 0.2) is 54.6 Å². The Morgan fingerprint density at radius 3 is 2.36 bits per heavy atom. The fraction of sp³-hybridized carbons (Fsp3) is 0.227. The number of benzene rings is 2. The van der Waals surface area contributed by atoms with Crippen LogP contribution in [0.4, 0.5) is 10.5 Å². The third-order valence-corrected chi connectivity index (χ3v) is 4.63. The molecule has 0 aliphatic heterocycles. The summed E-state index contributed by atoms with van der Waals surface area (Å²) in [5.41, 5.74) is 4.99. The van der Waals surface area contributed by atoms with E-state index in [1.54, 1.807) is 20.3 Å². The first-order valence-corrected chi connectivity index (χ1v) is 9.03. The van der Waals surface area contributed by atoms with Gasteiger partial charge in [-0.3, -0.25) is 0 Å². The quantitative estimate of drug-likeness (QED) is 0.666. The van der Waals surface area contributed by atoms with E-state index in [1.807, 2.05) is 49.4 Å². The Morgan fingerprint density at radius 1 is 0.964 bits per heavy atom. The molecule has 2 N–H and O–H groups in total. The van der Waals surface area contributed by atoms with Crippen LogP contribution in [0.5, 0.6) is 11.5 Å². The van der Waals surface area contributed by atoms with Crippen LogP contribution in [0.1, 0.15) is 17.0 Å². The number of urea groups is 1. The Morgan fingerprint density at radius 2 is 1.68 bits per heavy atom. The monoisotopic (exact) mass is 379 g/mol. The number of carbonyl (C=O) groups excluding carboxylic acids is 1. The first-order chi connectivity index (χ1) is 13.5. The summed E-state index contributed by atoms with van der Waals surface area (Å²) in [7, 11) is 3.25. The minimum absolute atomic E-state index is 0.262. The van der Waals surface area contributed by atoms with Gasteiger partial charge in [-0.2, -0.15) is 0 Å². The maximum absolute atomic E-state index is 12.2. The predicted molar refractivity (Wildman–Crippen MR) is 111 cm³/mol. The smallest absolute Gasteiger partial charge is 0.319 e. The molecule has 0 spiro atoms. The maximum atomic E-state index is 12.2. The number of amides is 2. The van der Waals surface area contributed by atoms with Crippen LogP contribution in [0.25, 0.3) is 5.69 Å². The van der Waals surface area contributed by atoms with Crippen molar-refractivity contribution in [1.82, 2.24) is 9.88 Å². The largest absolute Gasteiger partial charge is 0.497 e. The average molecular weight is 379 g/mol. The molecule has 3 rings (SSSR count). The molecule has 0 aliphatic rings. The Bertz CT molecular complexity index is 962. The van der Waals surface area contributed by atoms with Gasteiger partial charge in [0, 0.05) is 35.4 Å². The number of aromatic nitrogens is 1. The van der Waals surface area contributed by atoms with Crippen LogP contribution in [0.3, 0.4) is 0 Å². The molecule has 1 heterocycles. The number of hydrogen-bond donors (Lipinski definition) is 2. The van der Waals surface area contributed by atoms with Gasteiger partial charge in [0.2, 0.25) is 0 Å². The van der Waals surface area contributed by atoms with E-state index in [1.165, 1.54) is 0 Å². The summed E-state index contributed by atoms with van der Waals surface area (Å²) >= 11 is 0. The standard InChI is InChI=1S/C22H25N3O3/c1-15-12-17(16(2)25(15)19-8-10-20(27-3)11-9-19)14-23-22(26)24-18-6-5-7-21(13-18)28-4/h5-13H,14H2,1-4H3,(H2,23,24,26). The molecular weight excluding hydrogens is 354 g/mol. The fourth-order valence-corrected chi connectivity index (χ4v) is 3.19. The Hall–Kier alpha value is -3.41. The highest BCUT2D eigenvalue weighted by Gasteiger charge is 2.12. The number of anilines is 1. The second-order valence-corrected chi connectivity index (χ2v) is 6.47. The summed E-state index contributed by atoms with van der Waals surface area (Å²) in [5, 5.41) is 5.73. The molecule has 6 heteroatoms. The molecule has 2 aromatic carbocycles. The number of carbonyl (C=O) groups is 1. The molecule has 1 aromatic heterocycles. The maximum Gasteiger partial charge on any atom is 0.319 e. The highest BCUT2D eigenvalue weighted by Crippen LogP contribution is 2.23.